The third-order valence-corrected chi connectivity index (χ3v) is 4.08. The lowest BCUT2D eigenvalue weighted by Gasteiger charge is -2.24. The third-order valence-electron chi connectivity index (χ3n) is 3.53. The van der Waals surface area contributed by atoms with Gasteiger partial charge in [-0.2, -0.15) is 0 Å². The van der Waals surface area contributed by atoms with Crippen molar-refractivity contribution in [1.82, 2.24) is 9.97 Å². The molecule has 2 aromatic rings. The summed E-state index contributed by atoms with van der Waals surface area (Å²) in [5.74, 6) is 1.43. The third kappa shape index (κ3) is 2.58. The van der Waals surface area contributed by atoms with Crippen molar-refractivity contribution >= 4 is 29.1 Å². The molecule has 0 amide bonds. The van der Waals surface area contributed by atoms with Crippen molar-refractivity contribution in [3.8, 4) is 0 Å². The number of hydrogen-bond acceptors (Lipinski definition) is 5. The topological polar surface area (TPSA) is 55.0 Å². The summed E-state index contributed by atoms with van der Waals surface area (Å²) in [7, 11) is 0. The summed E-state index contributed by atoms with van der Waals surface area (Å²) >= 11 is 1.52. The van der Waals surface area contributed by atoms with Crippen LogP contribution in [0.1, 0.15) is 18.4 Å². The number of anilines is 3. The molecule has 2 N–H and O–H groups in total. The van der Waals surface area contributed by atoms with Gasteiger partial charge in [-0.15, -0.1) is 0 Å². The van der Waals surface area contributed by atoms with Gasteiger partial charge in [0.15, 0.2) is 5.16 Å². The summed E-state index contributed by atoms with van der Waals surface area (Å²) in [5, 5.41) is 0.724. The van der Waals surface area contributed by atoms with E-state index in [4.69, 9.17) is 5.73 Å². The number of fused-ring (bicyclic) bond motifs is 1. The molecule has 0 bridgehead atoms. The maximum Gasteiger partial charge on any atom is 0.191 e. The van der Waals surface area contributed by atoms with E-state index in [1.807, 2.05) is 12.3 Å². The van der Waals surface area contributed by atoms with Crippen LogP contribution in [-0.4, -0.2) is 22.8 Å². The minimum Gasteiger partial charge on any atom is -0.383 e. The standard InChI is InChI=1S/C15H18N4S/c1-20-15-17-13(16)10-14(18-15)19-9-5-4-7-11-6-2-3-8-12(11)19/h2-3,6,8,10H,4-5,7,9H2,1H3,(H2,16,17,18). The van der Waals surface area contributed by atoms with Crippen LogP contribution in [0.4, 0.5) is 17.3 Å². The molecule has 0 spiro atoms. The summed E-state index contributed by atoms with van der Waals surface area (Å²) in [5.41, 5.74) is 8.54. The largest absolute Gasteiger partial charge is 0.383 e. The number of rotatable bonds is 2. The van der Waals surface area contributed by atoms with Crippen LogP contribution < -0.4 is 10.6 Å². The quantitative estimate of drug-likeness (QED) is 0.678. The smallest absolute Gasteiger partial charge is 0.191 e. The number of nitrogens with zero attached hydrogens (tertiary/aromatic N) is 3. The second kappa shape index (κ2) is 5.71. The molecule has 20 heavy (non-hydrogen) atoms. The van der Waals surface area contributed by atoms with E-state index in [2.05, 4.69) is 39.1 Å². The lowest BCUT2D eigenvalue weighted by Crippen LogP contribution is -2.20. The van der Waals surface area contributed by atoms with Crippen LogP contribution in [0.15, 0.2) is 35.5 Å². The Morgan fingerprint density at radius 2 is 2.05 bits per heavy atom. The summed E-state index contributed by atoms with van der Waals surface area (Å²) in [6.07, 6.45) is 5.47. The van der Waals surface area contributed by atoms with Crippen LogP contribution in [0, 0.1) is 0 Å². The van der Waals surface area contributed by atoms with E-state index in [0.29, 0.717) is 5.82 Å². The number of nitrogen functional groups attached to an aromatic ring is 1. The van der Waals surface area contributed by atoms with Crippen molar-refractivity contribution in [2.45, 2.75) is 24.4 Å². The highest BCUT2D eigenvalue weighted by atomic mass is 32.2. The van der Waals surface area contributed by atoms with Crippen LogP contribution in [0.5, 0.6) is 0 Å². The van der Waals surface area contributed by atoms with E-state index >= 15 is 0 Å². The van der Waals surface area contributed by atoms with Gasteiger partial charge >= 0.3 is 0 Å². The van der Waals surface area contributed by atoms with Gasteiger partial charge in [0.2, 0.25) is 0 Å². The Kier molecular flexibility index (Phi) is 3.78. The fourth-order valence-corrected chi connectivity index (χ4v) is 2.97. The van der Waals surface area contributed by atoms with E-state index in [1.54, 1.807) is 0 Å². The number of para-hydroxylation sites is 1. The van der Waals surface area contributed by atoms with Crippen molar-refractivity contribution in [3.05, 3.63) is 35.9 Å². The molecule has 1 aliphatic rings. The molecule has 0 unspecified atom stereocenters. The van der Waals surface area contributed by atoms with E-state index in [-0.39, 0.29) is 0 Å². The Hall–Kier alpha value is -1.75. The minimum absolute atomic E-state index is 0.529. The minimum atomic E-state index is 0.529. The molecule has 2 heterocycles. The van der Waals surface area contributed by atoms with E-state index < -0.39 is 0 Å². The van der Waals surface area contributed by atoms with Gasteiger partial charge in [0.25, 0.3) is 0 Å². The summed E-state index contributed by atoms with van der Waals surface area (Å²) < 4.78 is 0. The Balaban J connectivity index is 2.07. The van der Waals surface area contributed by atoms with Crippen molar-refractivity contribution in [2.75, 3.05) is 23.4 Å². The molecule has 5 heteroatoms. The number of aromatic nitrogens is 2. The zero-order chi connectivity index (χ0) is 13.9. The summed E-state index contributed by atoms with van der Waals surface area (Å²) in [4.78, 5) is 11.1. The number of hydrogen-bond donors (Lipinski definition) is 1. The van der Waals surface area contributed by atoms with Gasteiger partial charge in [-0.1, -0.05) is 30.0 Å². The first kappa shape index (κ1) is 13.2. The number of nitrogens with two attached hydrogens (primary N) is 1. The van der Waals surface area contributed by atoms with Gasteiger partial charge in [0.05, 0.1) is 0 Å². The van der Waals surface area contributed by atoms with Gasteiger partial charge in [-0.25, -0.2) is 9.97 Å². The molecule has 0 atom stereocenters. The first-order chi connectivity index (χ1) is 9.78. The van der Waals surface area contributed by atoms with Gasteiger partial charge in [-0.3, -0.25) is 0 Å². The first-order valence-electron chi connectivity index (χ1n) is 6.82. The monoisotopic (exact) mass is 286 g/mol. The van der Waals surface area contributed by atoms with E-state index in [1.165, 1.54) is 29.4 Å². The molecular weight excluding hydrogens is 268 g/mol. The SMILES string of the molecule is CSc1nc(N)cc(N2CCCCc3ccccc32)n1. The van der Waals surface area contributed by atoms with Crippen LogP contribution in [0.3, 0.4) is 0 Å². The van der Waals surface area contributed by atoms with E-state index in [9.17, 15) is 0 Å². The van der Waals surface area contributed by atoms with Crippen LogP contribution in [0.25, 0.3) is 0 Å². The Morgan fingerprint density at radius 3 is 2.90 bits per heavy atom. The highest BCUT2D eigenvalue weighted by molar-refractivity contribution is 7.98. The molecule has 0 saturated carbocycles. The predicted octanol–water partition coefficient (Wildman–Crippen LogP) is 3.26. The van der Waals surface area contributed by atoms with Crippen molar-refractivity contribution < 1.29 is 0 Å². The fourth-order valence-electron chi connectivity index (χ4n) is 2.59. The molecule has 0 fully saturated rings. The predicted molar refractivity (Wildman–Crippen MR) is 84.6 cm³/mol. The lowest BCUT2D eigenvalue weighted by atomic mass is 10.1. The highest BCUT2D eigenvalue weighted by Gasteiger charge is 2.18. The molecule has 3 rings (SSSR count). The maximum absolute atomic E-state index is 5.91. The average Bonchev–Trinajstić information content (AvgIpc) is 2.69. The first-order valence-corrected chi connectivity index (χ1v) is 8.04. The fraction of sp³-hybridized carbons (Fsp3) is 0.333. The van der Waals surface area contributed by atoms with Crippen molar-refractivity contribution in [2.24, 2.45) is 0 Å². The van der Waals surface area contributed by atoms with E-state index in [0.717, 1.165) is 30.4 Å². The van der Waals surface area contributed by atoms with Crippen LogP contribution >= 0.6 is 11.8 Å². The second-order valence-corrected chi connectivity index (χ2v) is 5.65. The second-order valence-electron chi connectivity index (χ2n) is 4.88. The summed E-state index contributed by atoms with van der Waals surface area (Å²) in [6, 6.07) is 10.4. The van der Waals surface area contributed by atoms with Crippen molar-refractivity contribution in [3.63, 3.8) is 0 Å². The Morgan fingerprint density at radius 1 is 1.20 bits per heavy atom. The zero-order valence-electron chi connectivity index (χ0n) is 11.5. The van der Waals surface area contributed by atoms with Crippen molar-refractivity contribution in [1.29, 1.82) is 0 Å². The molecule has 1 aromatic heterocycles. The number of benzene rings is 1. The van der Waals surface area contributed by atoms with Gasteiger partial charge in [0.1, 0.15) is 11.6 Å². The summed E-state index contributed by atoms with van der Waals surface area (Å²) in [6.45, 7) is 0.973. The number of thioether (sulfide) groups is 1. The maximum atomic E-state index is 5.91. The average molecular weight is 286 g/mol. The van der Waals surface area contributed by atoms with Gasteiger partial charge in [0, 0.05) is 18.3 Å². The van der Waals surface area contributed by atoms with Gasteiger partial charge < -0.3 is 10.6 Å². The highest BCUT2D eigenvalue weighted by Crippen LogP contribution is 2.32. The molecule has 0 saturated heterocycles. The molecule has 4 nitrogen and oxygen atoms in total. The number of aryl methyl sites for hydroxylation is 1. The Bertz CT molecular complexity index is 615. The van der Waals surface area contributed by atoms with Crippen LogP contribution in [0.2, 0.25) is 0 Å². The zero-order valence-corrected chi connectivity index (χ0v) is 12.4. The molecule has 104 valence electrons. The normalized spacial score (nSPS) is 14.8. The molecule has 1 aromatic carbocycles. The Labute approximate surface area is 123 Å². The van der Waals surface area contributed by atoms with Gasteiger partial charge in [-0.05, 0) is 37.1 Å². The molecule has 0 aliphatic carbocycles. The van der Waals surface area contributed by atoms with Crippen LogP contribution in [-0.2, 0) is 6.42 Å². The molecule has 1 aliphatic heterocycles. The lowest BCUT2D eigenvalue weighted by molar-refractivity contribution is 0.754. The molecule has 0 radical (unpaired) electrons. The molecular formula is C15H18N4S.